The number of guanidine groups is 1. The molecular weight excluding hydrogens is 480 g/mol. The fraction of sp³-hybridized carbons (Fsp3) is 0.750. The molecule has 0 radical (unpaired) electrons. The lowest BCUT2D eigenvalue weighted by Gasteiger charge is -2.20. The highest BCUT2D eigenvalue weighted by Gasteiger charge is 2.33. The smallest absolute Gasteiger partial charge is 0.396 e. The average molecular weight is 508 g/mol. The second kappa shape index (κ2) is 12.7. The van der Waals surface area contributed by atoms with Gasteiger partial charge >= 0.3 is 6.18 Å². The topological polar surface area (TPSA) is 69.5 Å². The van der Waals surface area contributed by atoms with Gasteiger partial charge in [-0.05, 0) is 31.6 Å². The van der Waals surface area contributed by atoms with Gasteiger partial charge in [-0.3, -0.25) is 0 Å². The summed E-state index contributed by atoms with van der Waals surface area (Å²) in [5, 5.41) is 16.8. The van der Waals surface area contributed by atoms with Crippen molar-refractivity contribution >= 4 is 41.3 Å². The lowest BCUT2D eigenvalue weighted by molar-refractivity contribution is -0.140. The van der Waals surface area contributed by atoms with Crippen LogP contribution in [0.5, 0.6) is 0 Å². The minimum atomic E-state index is -4.42. The zero-order valence-electron chi connectivity index (χ0n) is 15.3. The van der Waals surface area contributed by atoms with E-state index in [0.29, 0.717) is 42.3 Å². The summed E-state index contributed by atoms with van der Waals surface area (Å²) in [5.74, 6) is 1.37. The van der Waals surface area contributed by atoms with Crippen LogP contribution in [0.25, 0.3) is 0 Å². The third-order valence-electron chi connectivity index (χ3n) is 3.46. The quantitative estimate of drug-likeness (QED) is 0.269. The molecule has 1 unspecified atom stereocenters. The van der Waals surface area contributed by atoms with Crippen LogP contribution in [0.1, 0.15) is 44.3 Å². The summed E-state index contributed by atoms with van der Waals surface area (Å²) in [7, 11) is 0. The average Bonchev–Trinajstić information content (AvgIpc) is 2.98. The molecule has 5 nitrogen and oxygen atoms in total. The first kappa shape index (κ1) is 25.4. The van der Waals surface area contributed by atoms with Crippen molar-refractivity contribution in [2.24, 2.45) is 16.8 Å². The molecule has 1 heterocycles. The standard InChI is InChI=1S/C16H27F3N4OS.HI/c1-4-20-15(21-8-12(5-6-24)7-11(2)3)22-9-14-23-13(10-25-14)16(17,18)19;/h10-12,24H,4-9H2,1-3H3,(H2,20,21,22);1H. The summed E-state index contributed by atoms with van der Waals surface area (Å²) in [6.45, 7) is 7.69. The Bertz CT molecular complexity index is 538. The second-order valence-corrected chi connectivity index (χ2v) is 7.15. The minimum Gasteiger partial charge on any atom is -0.396 e. The highest BCUT2D eigenvalue weighted by atomic mass is 127. The van der Waals surface area contributed by atoms with E-state index >= 15 is 0 Å². The van der Waals surface area contributed by atoms with Crippen LogP contribution in [-0.2, 0) is 12.7 Å². The molecule has 0 amide bonds. The number of aromatic nitrogens is 1. The molecule has 1 aromatic heterocycles. The summed E-state index contributed by atoms with van der Waals surface area (Å²) in [6, 6.07) is 0. The van der Waals surface area contributed by atoms with Gasteiger partial charge in [0.2, 0.25) is 0 Å². The summed E-state index contributed by atoms with van der Waals surface area (Å²) in [6.07, 6.45) is -2.74. The van der Waals surface area contributed by atoms with Crippen LogP contribution in [0.4, 0.5) is 13.2 Å². The first-order valence-electron chi connectivity index (χ1n) is 8.40. The number of nitrogens with one attached hydrogen (secondary N) is 2. The number of hydrogen-bond acceptors (Lipinski definition) is 4. The molecule has 1 rings (SSSR count). The Balaban J connectivity index is 0.00000625. The monoisotopic (exact) mass is 508 g/mol. The summed E-state index contributed by atoms with van der Waals surface area (Å²) < 4.78 is 37.7. The molecule has 0 spiro atoms. The third-order valence-corrected chi connectivity index (χ3v) is 4.29. The zero-order valence-corrected chi connectivity index (χ0v) is 18.4. The van der Waals surface area contributed by atoms with Gasteiger partial charge in [0.05, 0.1) is 6.54 Å². The molecule has 26 heavy (non-hydrogen) atoms. The largest absolute Gasteiger partial charge is 0.434 e. The Morgan fingerprint density at radius 2 is 2.04 bits per heavy atom. The van der Waals surface area contributed by atoms with E-state index in [1.54, 1.807) is 0 Å². The van der Waals surface area contributed by atoms with Crippen molar-refractivity contribution in [1.29, 1.82) is 0 Å². The van der Waals surface area contributed by atoms with Crippen LogP contribution >= 0.6 is 35.3 Å². The van der Waals surface area contributed by atoms with Crippen LogP contribution in [-0.4, -0.2) is 35.7 Å². The van der Waals surface area contributed by atoms with Gasteiger partial charge < -0.3 is 15.7 Å². The van der Waals surface area contributed by atoms with Gasteiger partial charge in [0.1, 0.15) is 5.01 Å². The molecule has 152 valence electrons. The van der Waals surface area contributed by atoms with Gasteiger partial charge in [0, 0.05) is 25.1 Å². The molecule has 0 bridgehead atoms. The summed E-state index contributed by atoms with van der Waals surface area (Å²) in [5.41, 5.74) is -0.874. The van der Waals surface area contributed by atoms with Crippen molar-refractivity contribution < 1.29 is 18.3 Å². The molecule has 1 aromatic rings. The van der Waals surface area contributed by atoms with Crippen LogP contribution in [0.2, 0.25) is 0 Å². The van der Waals surface area contributed by atoms with Gasteiger partial charge in [-0.1, -0.05) is 13.8 Å². The number of aliphatic imine (C=N–C) groups is 1. The number of hydrogen-bond donors (Lipinski definition) is 3. The maximum absolute atomic E-state index is 12.6. The Hall–Kier alpha value is -0.620. The SMILES string of the molecule is CCNC(=NCc1nc(C(F)(F)F)cs1)NCC(CCO)CC(C)C.I. The lowest BCUT2D eigenvalue weighted by Crippen LogP contribution is -2.40. The van der Waals surface area contributed by atoms with Crippen molar-refractivity contribution in [3.63, 3.8) is 0 Å². The van der Waals surface area contributed by atoms with E-state index in [4.69, 9.17) is 5.11 Å². The van der Waals surface area contributed by atoms with Crippen LogP contribution in [0.15, 0.2) is 10.4 Å². The molecular formula is C16H28F3IN4OS. The maximum atomic E-state index is 12.6. The van der Waals surface area contributed by atoms with Gasteiger partial charge in [-0.15, -0.1) is 35.3 Å². The number of thiazole rings is 1. The normalized spacial score (nSPS) is 13.5. The molecule has 0 aliphatic rings. The molecule has 3 N–H and O–H groups in total. The van der Waals surface area contributed by atoms with Gasteiger partial charge in [0.15, 0.2) is 11.7 Å². The molecule has 0 aliphatic carbocycles. The Morgan fingerprint density at radius 3 is 2.54 bits per heavy atom. The number of aliphatic hydroxyl groups excluding tert-OH is 1. The van der Waals surface area contributed by atoms with Crippen molar-refractivity contribution in [2.75, 3.05) is 19.7 Å². The second-order valence-electron chi connectivity index (χ2n) is 6.21. The lowest BCUT2D eigenvalue weighted by atomic mass is 9.94. The van der Waals surface area contributed by atoms with E-state index in [-0.39, 0.29) is 37.1 Å². The number of alkyl halides is 3. The van der Waals surface area contributed by atoms with Gasteiger partial charge in [0.25, 0.3) is 0 Å². The third kappa shape index (κ3) is 9.91. The molecule has 0 saturated carbocycles. The zero-order chi connectivity index (χ0) is 18.9. The Kier molecular flexibility index (Phi) is 12.4. The van der Waals surface area contributed by atoms with Crippen molar-refractivity contribution in [3.05, 3.63) is 16.1 Å². The maximum Gasteiger partial charge on any atom is 0.434 e. The minimum absolute atomic E-state index is 0. The summed E-state index contributed by atoms with van der Waals surface area (Å²) >= 11 is 0.951. The molecule has 0 aromatic carbocycles. The molecule has 10 heteroatoms. The number of nitrogens with zero attached hydrogens (tertiary/aromatic N) is 2. The number of aliphatic hydroxyl groups is 1. The summed E-state index contributed by atoms with van der Waals surface area (Å²) in [4.78, 5) is 7.88. The predicted molar refractivity (Wildman–Crippen MR) is 110 cm³/mol. The molecule has 0 saturated heterocycles. The predicted octanol–water partition coefficient (Wildman–Crippen LogP) is 3.88. The van der Waals surface area contributed by atoms with E-state index in [9.17, 15) is 13.2 Å². The molecule has 0 aliphatic heterocycles. The van der Waals surface area contributed by atoms with Gasteiger partial charge in [-0.25, -0.2) is 9.98 Å². The molecule has 1 atom stereocenters. The van der Waals surface area contributed by atoms with Crippen molar-refractivity contribution in [1.82, 2.24) is 15.6 Å². The van der Waals surface area contributed by atoms with E-state index in [1.807, 2.05) is 6.92 Å². The van der Waals surface area contributed by atoms with Crippen molar-refractivity contribution in [2.45, 2.75) is 46.3 Å². The fourth-order valence-corrected chi connectivity index (χ4v) is 3.12. The number of rotatable bonds is 9. The van der Waals surface area contributed by atoms with E-state index < -0.39 is 11.9 Å². The Morgan fingerprint density at radius 1 is 1.35 bits per heavy atom. The first-order valence-corrected chi connectivity index (χ1v) is 9.28. The van der Waals surface area contributed by atoms with E-state index in [0.717, 1.165) is 23.1 Å². The van der Waals surface area contributed by atoms with Gasteiger partial charge in [-0.2, -0.15) is 13.2 Å². The highest BCUT2D eigenvalue weighted by molar-refractivity contribution is 14.0. The van der Waals surface area contributed by atoms with E-state index in [1.165, 1.54) is 0 Å². The highest BCUT2D eigenvalue weighted by Crippen LogP contribution is 2.30. The first-order chi connectivity index (χ1) is 11.8. The number of halogens is 4. The van der Waals surface area contributed by atoms with Crippen LogP contribution in [0.3, 0.4) is 0 Å². The molecule has 0 fully saturated rings. The van der Waals surface area contributed by atoms with Crippen molar-refractivity contribution in [3.8, 4) is 0 Å². The Labute approximate surface area is 173 Å². The fourth-order valence-electron chi connectivity index (χ4n) is 2.40. The van der Waals surface area contributed by atoms with E-state index in [2.05, 4.69) is 34.5 Å². The van der Waals surface area contributed by atoms with Crippen LogP contribution < -0.4 is 10.6 Å². The van der Waals surface area contributed by atoms with Crippen LogP contribution in [0, 0.1) is 11.8 Å².